The minimum Gasteiger partial charge on any atom is -0.197 e. The second-order valence-electron chi connectivity index (χ2n) is 4.82. The summed E-state index contributed by atoms with van der Waals surface area (Å²) in [7, 11) is 0. The molecule has 0 aromatic rings. The lowest BCUT2D eigenvalue weighted by atomic mass is 10.1. The molecular formula is C15H29NS. The van der Waals surface area contributed by atoms with E-state index in [1.165, 1.54) is 64.2 Å². The lowest BCUT2D eigenvalue weighted by Crippen LogP contribution is -1.92. The van der Waals surface area contributed by atoms with Gasteiger partial charge in [0.1, 0.15) is 0 Å². The van der Waals surface area contributed by atoms with Crippen molar-refractivity contribution in [1.82, 2.24) is 0 Å². The summed E-state index contributed by atoms with van der Waals surface area (Å²) in [6.07, 6.45) is 13.9. The van der Waals surface area contributed by atoms with E-state index >= 15 is 0 Å². The maximum absolute atomic E-state index is 8.63. The standard InChI is InChI=1S/C15H29NS/c1-3-4-5-6-7-8-9-10-11-12-13-17-15(2)14-16/h15H,3-13H2,1-2H3. The average molecular weight is 255 g/mol. The van der Waals surface area contributed by atoms with Crippen molar-refractivity contribution in [2.75, 3.05) is 5.75 Å². The normalized spacial score (nSPS) is 12.3. The van der Waals surface area contributed by atoms with Gasteiger partial charge in [0.2, 0.25) is 0 Å². The molecule has 0 bridgehead atoms. The van der Waals surface area contributed by atoms with Gasteiger partial charge in [0.05, 0.1) is 11.3 Å². The zero-order valence-corrected chi connectivity index (χ0v) is 12.5. The van der Waals surface area contributed by atoms with Crippen LogP contribution in [0.15, 0.2) is 0 Å². The van der Waals surface area contributed by atoms with Crippen molar-refractivity contribution < 1.29 is 0 Å². The highest BCUT2D eigenvalue weighted by Gasteiger charge is 1.98. The molecule has 0 aliphatic rings. The third kappa shape index (κ3) is 13.8. The Kier molecular flexibility index (Phi) is 13.8. The van der Waals surface area contributed by atoms with Crippen molar-refractivity contribution in [1.29, 1.82) is 5.26 Å². The van der Waals surface area contributed by atoms with Gasteiger partial charge in [-0.3, -0.25) is 0 Å². The highest BCUT2D eigenvalue weighted by Crippen LogP contribution is 2.14. The second-order valence-corrected chi connectivity index (χ2v) is 6.27. The quantitative estimate of drug-likeness (QED) is 0.427. The topological polar surface area (TPSA) is 23.8 Å². The fraction of sp³-hybridized carbons (Fsp3) is 0.933. The molecule has 1 atom stereocenters. The second kappa shape index (κ2) is 13.9. The summed E-state index contributed by atoms with van der Waals surface area (Å²) in [5.41, 5.74) is 0. The molecule has 0 saturated carbocycles. The third-order valence-corrected chi connectivity index (χ3v) is 4.18. The van der Waals surface area contributed by atoms with Gasteiger partial charge in [-0.1, -0.05) is 64.7 Å². The molecular weight excluding hydrogens is 226 g/mol. The third-order valence-electron chi connectivity index (χ3n) is 3.05. The van der Waals surface area contributed by atoms with Gasteiger partial charge in [-0.15, -0.1) is 11.8 Å². The van der Waals surface area contributed by atoms with Gasteiger partial charge in [0.15, 0.2) is 0 Å². The maximum Gasteiger partial charge on any atom is 0.0888 e. The molecule has 1 nitrogen and oxygen atoms in total. The van der Waals surface area contributed by atoms with Crippen LogP contribution in [0.3, 0.4) is 0 Å². The van der Waals surface area contributed by atoms with Crippen molar-refractivity contribution in [3.05, 3.63) is 0 Å². The lowest BCUT2D eigenvalue weighted by Gasteiger charge is -2.03. The van der Waals surface area contributed by atoms with E-state index in [0.717, 1.165) is 5.75 Å². The molecule has 1 unspecified atom stereocenters. The van der Waals surface area contributed by atoms with Crippen LogP contribution in [-0.4, -0.2) is 11.0 Å². The number of hydrogen-bond acceptors (Lipinski definition) is 2. The van der Waals surface area contributed by atoms with E-state index in [0.29, 0.717) is 0 Å². The van der Waals surface area contributed by atoms with Crippen LogP contribution in [0.5, 0.6) is 0 Å². The molecule has 0 rings (SSSR count). The highest BCUT2D eigenvalue weighted by molar-refractivity contribution is 8.00. The number of nitrogens with zero attached hydrogens (tertiary/aromatic N) is 1. The van der Waals surface area contributed by atoms with Crippen molar-refractivity contribution in [2.45, 2.75) is 83.3 Å². The molecule has 0 amide bonds. The highest BCUT2D eigenvalue weighted by atomic mass is 32.2. The van der Waals surface area contributed by atoms with Crippen molar-refractivity contribution >= 4 is 11.8 Å². The van der Waals surface area contributed by atoms with Gasteiger partial charge in [0, 0.05) is 0 Å². The van der Waals surface area contributed by atoms with Gasteiger partial charge >= 0.3 is 0 Å². The molecule has 0 fully saturated rings. The first-order chi connectivity index (χ1) is 8.31. The molecule has 0 aromatic carbocycles. The van der Waals surface area contributed by atoms with Crippen LogP contribution in [0.25, 0.3) is 0 Å². The smallest absolute Gasteiger partial charge is 0.0888 e. The predicted molar refractivity (Wildman–Crippen MR) is 79.4 cm³/mol. The largest absolute Gasteiger partial charge is 0.197 e. The summed E-state index contributed by atoms with van der Waals surface area (Å²) in [4.78, 5) is 0. The number of unbranched alkanes of at least 4 members (excludes halogenated alkanes) is 9. The number of hydrogen-bond donors (Lipinski definition) is 0. The molecule has 0 spiro atoms. The predicted octanol–water partition coefficient (Wildman–Crippen LogP) is 5.55. The molecule has 0 aliphatic carbocycles. The summed E-state index contributed by atoms with van der Waals surface area (Å²) in [5.74, 6) is 1.16. The Morgan fingerprint density at radius 1 is 0.882 bits per heavy atom. The van der Waals surface area contributed by atoms with E-state index in [9.17, 15) is 0 Å². The minimum absolute atomic E-state index is 0.175. The molecule has 0 radical (unpaired) electrons. The maximum atomic E-state index is 8.63. The van der Waals surface area contributed by atoms with E-state index in [1.807, 2.05) is 6.92 Å². The molecule has 0 aromatic heterocycles. The Hall–Kier alpha value is -0.160. The van der Waals surface area contributed by atoms with Gasteiger partial charge in [0.25, 0.3) is 0 Å². The molecule has 17 heavy (non-hydrogen) atoms. The van der Waals surface area contributed by atoms with Gasteiger partial charge in [-0.2, -0.15) is 5.26 Å². The summed E-state index contributed by atoms with van der Waals surface area (Å²) < 4.78 is 0. The van der Waals surface area contributed by atoms with E-state index in [-0.39, 0.29) is 5.25 Å². The van der Waals surface area contributed by atoms with Crippen LogP contribution in [0.1, 0.15) is 78.1 Å². The summed E-state index contributed by atoms with van der Waals surface area (Å²) >= 11 is 1.79. The number of thioether (sulfide) groups is 1. The van der Waals surface area contributed by atoms with Crippen LogP contribution in [0.2, 0.25) is 0 Å². The summed E-state index contributed by atoms with van der Waals surface area (Å²) in [6.45, 7) is 4.26. The Balaban J connectivity index is 2.97. The SMILES string of the molecule is CCCCCCCCCCCCSC(C)C#N. The van der Waals surface area contributed by atoms with E-state index in [1.54, 1.807) is 11.8 Å². The summed E-state index contributed by atoms with van der Waals surface area (Å²) in [6, 6.07) is 2.26. The van der Waals surface area contributed by atoms with Crippen LogP contribution >= 0.6 is 11.8 Å². The number of nitriles is 1. The molecule has 2 heteroatoms. The first-order valence-corrected chi connectivity index (χ1v) is 8.37. The Bertz CT molecular complexity index is 186. The Morgan fingerprint density at radius 3 is 1.82 bits per heavy atom. The van der Waals surface area contributed by atoms with Crippen molar-refractivity contribution in [3.63, 3.8) is 0 Å². The fourth-order valence-corrected chi connectivity index (χ4v) is 2.69. The molecule has 0 heterocycles. The molecule has 0 N–H and O–H groups in total. The monoisotopic (exact) mass is 255 g/mol. The fourth-order valence-electron chi connectivity index (χ4n) is 1.89. The van der Waals surface area contributed by atoms with Crippen molar-refractivity contribution in [3.8, 4) is 6.07 Å². The first kappa shape index (κ1) is 16.8. The van der Waals surface area contributed by atoms with E-state index in [2.05, 4.69) is 13.0 Å². The lowest BCUT2D eigenvalue weighted by molar-refractivity contribution is 0.563. The average Bonchev–Trinajstić information content (AvgIpc) is 2.35. The zero-order chi connectivity index (χ0) is 12.8. The van der Waals surface area contributed by atoms with Crippen molar-refractivity contribution in [2.24, 2.45) is 0 Å². The van der Waals surface area contributed by atoms with E-state index in [4.69, 9.17) is 5.26 Å². The minimum atomic E-state index is 0.175. The number of rotatable bonds is 12. The Morgan fingerprint density at radius 2 is 1.35 bits per heavy atom. The molecule has 100 valence electrons. The first-order valence-electron chi connectivity index (χ1n) is 7.32. The van der Waals surface area contributed by atoms with Crippen LogP contribution < -0.4 is 0 Å². The van der Waals surface area contributed by atoms with Crippen LogP contribution in [0.4, 0.5) is 0 Å². The Labute approximate surface area is 112 Å². The zero-order valence-electron chi connectivity index (χ0n) is 11.7. The van der Waals surface area contributed by atoms with Gasteiger partial charge in [-0.25, -0.2) is 0 Å². The van der Waals surface area contributed by atoms with Gasteiger partial charge < -0.3 is 0 Å². The molecule has 0 aliphatic heterocycles. The van der Waals surface area contributed by atoms with Crippen LogP contribution in [-0.2, 0) is 0 Å². The van der Waals surface area contributed by atoms with E-state index < -0.39 is 0 Å². The van der Waals surface area contributed by atoms with Crippen LogP contribution in [0, 0.1) is 11.3 Å². The molecule has 0 saturated heterocycles. The van der Waals surface area contributed by atoms with Gasteiger partial charge in [-0.05, 0) is 19.1 Å². The summed E-state index contributed by atoms with van der Waals surface area (Å²) in [5, 5.41) is 8.80.